The summed E-state index contributed by atoms with van der Waals surface area (Å²) in [5.41, 5.74) is 28.9. The second kappa shape index (κ2) is 50.0. The number of rotatable bonds is 20. The molecule has 143 heavy (non-hydrogen) atoms. The number of aromatic nitrogens is 14. The van der Waals surface area contributed by atoms with Gasteiger partial charge in [0.05, 0.1) is 61.2 Å². The summed E-state index contributed by atoms with van der Waals surface area (Å²) < 4.78 is 139. The number of nitrogen functional groups attached to an aromatic ring is 5. The molecule has 0 unspecified atom stereocenters. The number of nitrogens with zero attached hydrogens (tertiary/aromatic N) is 14. The van der Waals surface area contributed by atoms with Crippen molar-refractivity contribution in [2.45, 2.75) is 250 Å². The van der Waals surface area contributed by atoms with E-state index in [1.807, 2.05) is 60.7 Å². The Labute approximate surface area is 836 Å². The van der Waals surface area contributed by atoms with E-state index in [9.17, 15) is 85.3 Å². The van der Waals surface area contributed by atoms with Gasteiger partial charge in [-0.25, -0.2) is 41.1 Å². The van der Waals surface area contributed by atoms with E-state index in [2.05, 4.69) is 86.4 Å². The number of esters is 6. The van der Waals surface area contributed by atoms with Crippen LogP contribution in [-0.2, 0) is 143 Å². The number of aromatic amines is 3. The Kier molecular flexibility index (Phi) is 39.6. The average Bonchev–Trinajstić information content (AvgIpc) is 1.61. The summed E-state index contributed by atoms with van der Waals surface area (Å²) in [5, 5.41) is 20.3. The molecule has 20 atom stereocenters. The predicted octanol–water partition coefficient (Wildman–Crippen LogP) is 4.29. The summed E-state index contributed by atoms with van der Waals surface area (Å²) in [5.74, 6) is -2.89. The monoisotopic (exact) mass is 2190 g/mol. The molecule has 5 fully saturated rings. The number of ether oxygens (including phenoxy) is 12. The van der Waals surface area contributed by atoms with Crippen molar-refractivity contribution in [2.24, 2.45) is 0 Å². The van der Waals surface area contributed by atoms with Gasteiger partial charge in [-0.15, -0.1) is 6.42 Å². The third-order valence-electron chi connectivity index (χ3n) is 21.8. The number of nitrogens with one attached hydrogen (secondary N) is 3. The molecule has 0 radical (unpaired) electrons. The van der Waals surface area contributed by atoms with E-state index in [-0.39, 0.29) is 158 Å². The summed E-state index contributed by atoms with van der Waals surface area (Å²) in [6.07, 6.45) is -17.7. The molecular weight excluding hydrogens is 2090 g/mol. The normalized spacial score (nSPS) is 24.9. The number of carbonyl (C=O) groups is 9. The van der Waals surface area contributed by atoms with Crippen LogP contribution < -0.4 is 69.5 Å². The number of imidazole rings is 2. The largest absolute Gasteiger partial charge is 0.460 e. The van der Waals surface area contributed by atoms with Crippen LogP contribution in [0.5, 0.6) is 12.0 Å². The topological polar surface area (TPSA) is 669 Å². The van der Waals surface area contributed by atoms with Gasteiger partial charge in [-0.05, 0) is 36.8 Å². The SMILES string of the molecule is C#CCBr.CC(=O)OC(C)=O.CC[C@H]1O[C@@H](N2C(=O)Cc3c(Cl)nc(N)nc32)[C@H](OC(C)=O)[C@@H]1F.CC[C@H]1O[C@@H](N2C(=O)Cc3c2nc(N)[nH]c3=O)[C@H](OC(C)=O)[C@@H]1F.CC[C@H]1O[C@@H](N2C(=O)Cc3cnc(N)nc32)[C@H](OC(C)=O)[C@@H]1F.CC[C@H]1O[C@@H](n2c(OCc3ccccc3)nc3c(=O)[nH]c(N)nc32)[C@H](OC(C)=O)[C@@H]1F.Nc1nc2c(nc(OCc3ccccc3)n2[C@@H]2O[C@H](CO)[C@@H](F)[C@H]2O)c(=O)[nH]1.[CH3-].[Pd]. The zero-order valence-electron chi connectivity index (χ0n) is 78.1. The van der Waals surface area contributed by atoms with E-state index < -0.39 is 194 Å². The number of nitrogens with two attached hydrogens (primary N) is 5. The van der Waals surface area contributed by atoms with Crippen molar-refractivity contribution in [1.82, 2.24) is 68.9 Å². The van der Waals surface area contributed by atoms with E-state index in [1.54, 1.807) is 27.7 Å². The third kappa shape index (κ3) is 26.2. The van der Waals surface area contributed by atoms with E-state index >= 15 is 4.39 Å². The van der Waals surface area contributed by atoms with Gasteiger partial charge in [-0.1, -0.05) is 122 Å². The molecule has 0 aliphatic carbocycles. The number of benzene rings is 2. The summed E-state index contributed by atoms with van der Waals surface area (Å²) in [4.78, 5) is 185. The maximum absolute atomic E-state index is 15.0. The molecule has 15 heterocycles. The van der Waals surface area contributed by atoms with Gasteiger partial charge in [0.1, 0.15) is 42.2 Å². The Morgan fingerprint density at radius 1 is 0.483 bits per heavy atom. The quantitative estimate of drug-likeness (QED) is 0.00585. The van der Waals surface area contributed by atoms with Crippen LogP contribution in [0.4, 0.5) is 69.1 Å². The van der Waals surface area contributed by atoms with Crippen LogP contribution >= 0.6 is 27.5 Å². The zero-order valence-corrected chi connectivity index (χ0v) is 82.0. The minimum Gasteiger partial charge on any atom is -0.460 e. The zero-order chi connectivity index (χ0) is 103. The fraction of sp³-hybridized carbons (Fsp3) is 0.471. The maximum atomic E-state index is 15.0. The minimum atomic E-state index is -1.84. The van der Waals surface area contributed by atoms with Crippen LogP contribution in [0.1, 0.15) is 135 Å². The summed E-state index contributed by atoms with van der Waals surface area (Å²) >= 11 is 9.02. The molecular formula is C87H102BrClF5N22O26Pd-. The molecule has 2 aromatic carbocycles. The second-order valence-corrected chi connectivity index (χ2v) is 32.6. The number of H-pyrrole nitrogens is 3. The predicted molar refractivity (Wildman–Crippen MR) is 494 cm³/mol. The molecule has 8 aliphatic rings. The first kappa shape index (κ1) is 113. The molecule has 0 spiro atoms. The average molecular weight is 2190 g/mol. The van der Waals surface area contributed by atoms with E-state index in [0.717, 1.165) is 27.9 Å². The number of hydrogen-bond donors (Lipinski definition) is 10. The van der Waals surface area contributed by atoms with Gasteiger partial charge in [-0.2, -0.15) is 34.9 Å². The molecule has 9 aromatic rings. The Morgan fingerprint density at radius 2 is 0.832 bits per heavy atom. The number of fused-ring (bicyclic) bond motifs is 5. The number of halogens is 7. The Morgan fingerprint density at radius 3 is 1.21 bits per heavy atom. The van der Waals surface area contributed by atoms with Crippen LogP contribution in [0.3, 0.4) is 0 Å². The molecule has 17 rings (SSSR count). The number of aliphatic hydroxyl groups is 2. The van der Waals surface area contributed by atoms with Gasteiger partial charge in [0, 0.05) is 79.3 Å². The molecule has 8 aliphatic heterocycles. The van der Waals surface area contributed by atoms with Crippen LogP contribution in [0.2, 0.25) is 5.15 Å². The van der Waals surface area contributed by atoms with E-state index in [1.165, 1.54) is 54.8 Å². The Bertz CT molecular complexity index is 6310. The molecule has 15 N–H and O–H groups in total. The van der Waals surface area contributed by atoms with Gasteiger partial charge in [0.25, 0.3) is 16.7 Å². The van der Waals surface area contributed by atoms with Crippen molar-refractivity contribution in [3.05, 3.63) is 138 Å². The van der Waals surface area contributed by atoms with E-state index in [0.29, 0.717) is 42.1 Å². The minimum absolute atomic E-state index is 0. The van der Waals surface area contributed by atoms with Crippen LogP contribution in [-0.4, -0.2) is 255 Å². The van der Waals surface area contributed by atoms with Crippen LogP contribution in [0.25, 0.3) is 22.3 Å². The fourth-order valence-electron chi connectivity index (χ4n) is 15.8. The van der Waals surface area contributed by atoms with Gasteiger partial charge in [-0.3, -0.25) is 87.2 Å². The number of hydrogen-bond acceptors (Lipinski definition) is 40. The van der Waals surface area contributed by atoms with Crippen molar-refractivity contribution < 1.29 is 153 Å². The fourth-order valence-corrected chi connectivity index (χ4v) is 16.0. The first-order valence-electron chi connectivity index (χ1n) is 43.3. The number of alkyl halides is 6. The number of anilines is 8. The second-order valence-electron chi connectivity index (χ2n) is 31.7. The number of carbonyl (C=O) groups excluding carboxylic acids is 9. The van der Waals surface area contributed by atoms with E-state index in [4.69, 9.17) is 98.8 Å². The van der Waals surface area contributed by atoms with Gasteiger partial charge in [0.2, 0.25) is 47.5 Å². The first-order chi connectivity index (χ1) is 67.0. The Balaban J connectivity index is 0.000000194. The molecule has 776 valence electrons. The molecule has 5 saturated heterocycles. The van der Waals surface area contributed by atoms with Crippen molar-refractivity contribution in [1.29, 1.82) is 0 Å². The number of amides is 3. The smallest absolute Gasteiger partial charge is 0.310 e. The number of terminal acetylenes is 1. The van der Waals surface area contributed by atoms with Crippen LogP contribution in [0.15, 0.2) is 81.2 Å². The first-order valence-corrected chi connectivity index (χ1v) is 44.8. The van der Waals surface area contributed by atoms with Crippen molar-refractivity contribution >= 4 is 151 Å². The summed E-state index contributed by atoms with van der Waals surface area (Å²) in [6.45, 7) is 13.6. The summed E-state index contributed by atoms with van der Waals surface area (Å²) in [7, 11) is 0. The van der Waals surface area contributed by atoms with Gasteiger partial charge < -0.3 is 103 Å². The molecule has 3 amide bonds. The molecule has 0 saturated carbocycles. The third-order valence-corrected chi connectivity index (χ3v) is 22.4. The van der Waals surface area contributed by atoms with Crippen LogP contribution in [0, 0.1) is 19.8 Å². The van der Waals surface area contributed by atoms with Crippen molar-refractivity contribution in [2.75, 3.05) is 55.3 Å². The molecule has 48 nitrogen and oxygen atoms in total. The maximum Gasteiger partial charge on any atom is 0.310 e. The molecule has 7 aromatic heterocycles. The standard InChI is InChI=1S/C20H22FN5O5.C17H18FN5O5.C14H16ClFN4O4.C14H17FN4O5.C14H17FN4O4.C4H6O3.C3H3Br.CH3.Pd/c1-3-12-13(21)15(30-10(2)27)18(31-12)26-16-14(17(28)25-19(22)24-16)23-20(26)29-9-11-7-5-4-6-8-11;18-10-9(6-24)28-15(12(10)25)23-13-11(14(26)22-16(19)21-13)20-17(23)27-7-8-4-2-1-3-5-8;1-3-7-9(16)10(23-5(2)21)13(24-7)20-8(22)4-6-11(15)18-14(17)19-12(6)20;1-3-7-9(15)10(23-5(2)20)13(24-7)19-8(21)4-6-11(19)17-14(16)18-12(6)22;1-3-8-10(15)11(22-6(2)20)13(23-8)19-9(21)4-7-5-17-14(16)18-12(7)19;1-3(5)7-4(2)6;1-2-3-4;;/h4-8,12-13,15,18H,3,9H2,1-2H3,(H3,22,24,25,28);1-5,9-10,12,15,24-25H,6-7H2,(H3,19,21,22,26);7,9-10,13H,3-4H2,1-2H3,(H2,17,18,19);7,9-10,13H,3-4H2,1-2H3,(H3,16,17,18,22);5,8,10-11,13H,3-4H2,1-2H3,(H2,16,17,18);1-2H3;1H,3H2;1H3;/q;;;;;;;-1;/t12-,13-,15-,18-;9-,10-,12-,15-;2*7-,9-,10-,13-;8-,10-,11-,13-;;;;/m11111..../s1. The Hall–Kier alpha value is -13.4. The van der Waals surface area contributed by atoms with Gasteiger partial charge in [0.15, 0.2) is 115 Å². The molecule has 0 bridgehead atoms. The molecule has 56 heteroatoms. The van der Waals surface area contributed by atoms with Crippen molar-refractivity contribution in [3.8, 4) is 24.4 Å². The number of aliphatic hydroxyl groups excluding tert-OH is 2. The van der Waals surface area contributed by atoms with Crippen molar-refractivity contribution in [3.63, 3.8) is 0 Å². The van der Waals surface area contributed by atoms with Gasteiger partial charge >= 0.3 is 47.8 Å². The summed E-state index contributed by atoms with van der Waals surface area (Å²) in [6, 6.07) is 18.3.